The summed E-state index contributed by atoms with van der Waals surface area (Å²) in [5, 5.41) is 7.17. The Morgan fingerprint density at radius 1 is 1.23 bits per heavy atom. The number of rotatable bonds is 8. The van der Waals surface area contributed by atoms with Crippen LogP contribution in [0.15, 0.2) is 53.7 Å². The number of aromatic nitrogens is 1. The molecular formula is C23H33IN4O2S. The molecule has 0 amide bonds. The smallest absolute Gasteiger partial charge is 0.218 e. The van der Waals surface area contributed by atoms with Gasteiger partial charge in [0.15, 0.2) is 5.96 Å². The van der Waals surface area contributed by atoms with E-state index in [1.165, 1.54) is 0 Å². The van der Waals surface area contributed by atoms with Crippen LogP contribution in [0.3, 0.4) is 0 Å². The Hall–Kier alpha value is -1.68. The molecule has 0 radical (unpaired) electrons. The zero-order chi connectivity index (χ0) is 21.2. The van der Waals surface area contributed by atoms with Gasteiger partial charge in [0.2, 0.25) is 5.88 Å². The van der Waals surface area contributed by atoms with Crippen molar-refractivity contribution in [2.45, 2.75) is 57.1 Å². The maximum Gasteiger partial charge on any atom is 0.218 e. The first-order chi connectivity index (χ1) is 14.7. The van der Waals surface area contributed by atoms with E-state index in [2.05, 4.69) is 20.6 Å². The highest BCUT2D eigenvalue weighted by atomic mass is 127. The lowest BCUT2D eigenvalue weighted by molar-refractivity contribution is 0.290. The number of pyridine rings is 1. The summed E-state index contributed by atoms with van der Waals surface area (Å²) in [5.41, 5.74) is 2.08. The predicted octanol–water partition coefficient (Wildman–Crippen LogP) is 4.02. The minimum atomic E-state index is -0.731. The van der Waals surface area contributed by atoms with Crippen molar-refractivity contribution in [3.05, 3.63) is 59.8 Å². The molecule has 0 bridgehead atoms. The Balaban J connectivity index is 0.00000341. The number of nitrogens with one attached hydrogen (secondary N) is 2. The summed E-state index contributed by atoms with van der Waals surface area (Å²) in [5.74, 6) is 2.11. The molecule has 1 aliphatic rings. The first-order valence-corrected chi connectivity index (χ1v) is 12.0. The lowest BCUT2D eigenvalue weighted by Gasteiger charge is -2.30. The average Bonchev–Trinajstić information content (AvgIpc) is 2.81. The number of guanidine groups is 1. The topological polar surface area (TPSA) is 75.6 Å². The molecule has 3 atom stereocenters. The number of halogens is 1. The molecule has 2 N–H and O–H groups in total. The molecule has 1 heterocycles. The van der Waals surface area contributed by atoms with Gasteiger partial charge < -0.3 is 15.4 Å². The Morgan fingerprint density at radius 2 is 2.03 bits per heavy atom. The van der Waals surface area contributed by atoms with Gasteiger partial charge in [0.25, 0.3) is 0 Å². The van der Waals surface area contributed by atoms with Crippen LogP contribution in [0.4, 0.5) is 0 Å². The summed E-state index contributed by atoms with van der Waals surface area (Å²) in [4.78, 5) is 8.76. The molecule has 2 aromatic rings. The summed E-state index contributed by atoms with van der Waals surface area (Å²) in [6.07, 6.45) is 5.91. The second-order valence-corrected chi connectivity index (χ2v) is 9.47. The van der Waals surface area contributed by atoms with Gasteiger partial charge in [-0.25, -0.2) is 4.98 Å². The van der Waals surface area contributed by atoms with Gasteiger partial charge in [0.1, 0.15) is 6.61 Å². The van der Waals surface area contributed by atoms with Gasteiger partial charge in [-0.3, -0.25) is 9.20 Å². The third-order valence-electron chi connectivity index (χ3n) is 5.36. The van der Waals surface area contributed by atoms with Crippen LogP contribution in [0.2, 0.25) is 0 Å². The highest BCUT2D eigenvalue weighted by molar-refractivity contribution is 14.0. The Morgan fingerprint density at radius 3 is 2.77 bits per heavy atom. The molecule has 170 valence electrons. The first-order valence-electron chi connectivity index (χ1n) is 10.6. The van der Waals surface area contributed by atoms with Gasteiger partial charge in [-0.1, -0.05) is 49.7 Å². The maximum atomic E-state index is 12.2. The highest BCUT2D eigenvalue weighted by Crippen LogP contribution is 2.23. The minimum absolute atomic E-state index is 0. The van der Waals surface area contributed by atoms with Crippen LogP contribution >= 0.6 is 24.0 Å². The minimum Gasteiger partial charge on any atom is -0.473 e. The van der Waals surface area contributed by atoms with Crippen LogP contribution in [-0.2, 0) is 24.0 Å². The molecule has 1 aliphatic carbocycles. The number of benzene rings is 1. The molecule has 8 heteroatoms. The summed E-state index contributed by atoms with van der Waals surface area (Å²) in [6, 6.07) is 14.3. The number of hydrogen-bond donors (Lipinski definition) is 2. The molecule has 31 heavy (non-hydrogen) atoms. The van der Waals surface area contributed by atoms with E-state index < -0.39 is 10.8 Å². The molecule has 3 unspecified atom stereocenters. The van der Waals surface area contributed by atoms with Crippen molar-refractivity contribution in [2.24, 2.45) is 4.99 Å². The van der Waals surface area contributed by atoms with Gasteiger partial charge in [-0.05, 0) is 30.9 Å². The molecule has 0 aliphatic heterocycles. The highest BCUT2D eigenvalue weighted by Gasteiger charge is 2.26. The quantitative estimate of drug-likeness (QED) is 0.292. The molecule has 0 saturated heterocycles. The average molecular weight is 557 g/mol. The molecular weight excluding hydrogens is 523 g/mol. The van der Waals surface area contributed by atoms with E-state index in [0.29, 0.717) is 25.1 Å². The molecule has 0 spiro atoms. The third-order valence-corrected chi connectivity index (χ3v) is 7.10. The fraction of sp³-hybridized carbons (Fsp3) is 0.478. The third kappa shape index (κ3) is 8.07. The second-order valence-electron chi connectivity index (χ2n) is 7.47. The summed E-state index contributed by atoms with van der Waals surface area (Å²) in [6.45, 7) is 3.05. The van der Waals surface area contributed by atoms with E-state index in [0.717, 1.165) is 48.5 Å². The fourth-order valence-electron chi connectivity index (χ4n) is 3.73. The normalized spacial score (nSPS) is 19.7. The van der Waals surface area contributed by atoms with Crippen molar-refractivity contribution in [3.8, 4) is 5.88 Å². The SMILES string of the molecule is CCS(=O)C1CCCC(NC(=NC)NCc2cccnc2OCc2ccccc2)C1.I. The van der Waals surface area contributed by atoms with Gasteiger partial charge >= 0.3 is 0 Å². The van der Waals surface area contributed by atoms with Crippen molar-refractivity contribution in [2.75, 3.05) is 12.8 Å². The van der Waals surface area contributed by atoms with Crippen molar-refractivity contribution in [1.29, 1.82) is 0 Å². The van der Waals surface area contributed by atoms with E-state index >= 15 is 0 Å². The van der Waals surface area contributed by atoms with Crippen LogP contribution in [-0.4, -0.2) is 39.2 Å². The van der Waals surface area contributed by atoms with Crippen molar-refractivity contribution in [3.63, 3.8) is 0 Å². The van der Waals surface area contributed by atoms with E-state index in [1.807, 2.05) is 49.4 Å². The first kappa shape index (κ1) is 25.6. The van der Waals surface area contributed by atoms with E-state index in [-0.39, 0.29) is 29.2 Å². The Bertz CT molecular complexity index is 850. The zero-order valence-electron chi connectivity index (χ0n) is 18.3. The molecule has 1 fully saturated rings. The lowest BCUT2D eigenvalue weighted by atomic mass is 9.95. The molecule has 1 aromatic heterocycles. The van der Waals surface area contributed by atoms with E-state index in [1.54, 1.807) is 13.2 Å². The number of hydrogen-bond acceptors (Lipinski definition) is 4. The summed E-state index contributed by atoms with van der Waals surface area (Å²) >= 11 is 0. The van der Waals surface area contributed by atoms with Crippen LogP contribution < -0.4 is 15.4 Å². The largest absolute Gasteiger partial charge is 0.473 e. The standard InChI is InChI=1S/C23H32N4O2S.HI/c1-3-30(28)21-13-7-12-20(15-21)27-23(24-2)26-16-19-11-8-14-25-22(19)29-17-18-9-5-4-6-10-18;/h4-6,8-11,14,20-21H,3,7,12-13,15-17H2,1-2H3,(H2,24,26,27);1H. The number of aliphatic imine (C=N–C) groups is 1. The Kier molecular flexibility index (Phi) is 11.3. The summed E-state index contributed by atoms with van der Waals surface area (Å²) in [7, 11) is 1.04. The van der Waals surface area contributed by atoms with E-state index in [4.69, 9.17) is 4.74 Å². The maximum absolute atomic E-state index is 12.2. The van der Waals surface area contributed by atoms with Gasteiger partial charge in [0, 0.05) is 53.2 Å². The fourth-order valence-corrected chi connectivity index (χ4v) is 5.08. The lowest BCUT2D eigenvalue weighted by Crippen LogP contribution is -2.46. The second kappa shape index (κ2) is 13.7. The van der Waals surface area contributed by atoms with Crippen LogP contribution in [0.5, 0.6) is 5.88 Å². The van der Waals surface area contributed by atoms with E-state index in [9.17, 15) is 4.21 Å². The zero-order valence-corrected chi connectivity index (χ0v) is 21.4. The van der Waals surface area contributed by atoms with Crippen LogP contribution in [0.25, 0.3) is 0 Å². The number of nitrogens with zero attached hydrogens (tertiary/aromatic N) is 2. The monoisotopic (exact) mass is 556 g/mol. The van der Waals surface area contributed by atoms with Crippen molar-refractivity contribution < 1.29 is 8.95 Å². The molecule has 1 saturated carbocycles. The Labute approximate surface area is 205 Å². The molecule has 6 nitrogen and oxygen atoms in total. The van der Waals surface area contributed by atoms with Gasteiger partial charge in [-0.2, -0.15) is 0 Å². The van der Waals surface area contributed by atoms with Crippen molar-refractivity contribution in [1.82, 2.24) is 15.6 Å². The van der Waals surface area contributed by atoms with Crippen molar-refractivity contribution >= 4 is 40.7 Å². The molecule has 3 rings (SSSR count). The van der Waals surface area contributed by atoms with Gasteiger partial charge in [-0.15, -0.1) is 24.0 Å². The predicted molar refractivity (Wildman–Crippen MR) is 138 cm³/mol. The van der Waals surface area contributed by atoms with Crippen LogP contribution in [0, 0.1) is 0 Å². The number of ether oxygens (including phenoxy) is 1. The van der Waals surface area contributed by atoms with Crippen LogP contribution in [0.1, 0.15) is 43.7 Å². The molecule has 1 aromatic carbocycles. The summed E-state index contributed by atoms with van der Waals surface area (Å²) < 4.78 is 18.1. The van der Waals surface area contributed by atoms with Gasteiger partial charge in [0.05, 0.1) is 0 Å².